The molecule has 22 heavy (non-hydrogen) atoms. The minimum absolute atomic E-state index is 0.250. The second-order valence-electron chi connectivity index (χ2n) is 5.44. The molecule has 0 amide bonds. The maximum Gasteiger partial charge on any atom is 0.290 e. The summed E-state index contributed by atoms with van der Waals surface area (Å²) in [7, 11) is 4.29. The zero-order valence-corrected chi connectivity index (χ0v) is 12.8. The first-order chi connectivity index (χ1) is 10.7. The van der Waals surface area contributed by atoms with Gasteiger partial charge in [0.1, 0.15) is 17.8 Å². The van der Waals surface area contributed by atoms with Crippen LogP contribution in [0.3, 0.4) is 0 Å². The smallest absolute Gasteiger partial charge is 0.290 e. The average Bonchev–Trinajstić information content (AvgIpc) is 2.98. The van der Waals surface area contributed by atoms with Crippen LogP contribution in [-0.4, -0.2) is 52.7 Å². The normalized spacial score (nSPS) is 21.2. The molecule has 1 N–H and O–H groups in total. The third-order valence-electron chi connectivity index (χ3n) is 3.88. The second kappa shape index (κ2) is 7.74. The van der Waals surface area contributed by atoms with Crippen molar-refractivity contribution in [3.63, 3.8) is 0 Å². The first kappa shape index (κ1) is 16.2. The van der Waals surface area contributed by atoms with Crippen molar-refractivity contribution in [2.45, 2.75) is 37.8 Å². The van der Waals surface area contributed by atoms with E-state index in [1.165, 1.54) is 19.2 Å². The molecule has 1 aliphatic rings. The van der Waals surface area contributed by atoms with E-state index in [0.717, 1.165) is 18.2 Å². The van der Waals surface area contributed by atoms with Crippen LogP contribution in [0.1, 0.15) is 25.7 Å². The molecule has 1 saturated carbocycles. The number of hydrogen-bond acceptors (Lipinski definition) is 6. The molecule has 1 aliphatic carbocycles. The number of fused-ring (bicyclic) bond motifs is 1. The lowest BCUT2D eigenvalue weighted by molar-refractivity contribution is -0.122. The van der Waals surface area contributed by atoms with E-state index in [9.17, 15) is 0 Å². The first-order valence-electron chi connectivity index (χ1n) is 7.24. The van der Waals surface area contributed by atoms with Gasteiger partial charge in [-0.25, -0.2) is 9.97 Å². The lowest BCUT2D eigenvalue weighted by atomic mass is 9.92. The Bertz CT molecular complexity index is 591. The molecule has 1 fully saturated rings. The zero-order chi connectivity index (χ0) is 15.9. The maximum absolute atomic E-state index is 8.36. The van der Waals surface area contributed by atoms with Gasteiger partial charge in [-0.2, -0.15) is 0 Å². The van der Waals surface area contributed by atoms with Crippen molar-refractivity contribution < 1.29 is 19.1 Å². The van der Waals surface area contributed by atoms with Crippen LogP contribution in [0.4, 0.5) is 0 Å². The van der Waals surface area contributed by atoms with Crippen LogP contribution < -0.4 is 4.74 Å². The maximum atomic E-state index is 8.36. The summed E-state index contributed by atoms with van der Waals surface area (Å²) in [5.41, 5.74) is 0.590. The Morgan fingerprint density at radius 3 is 2.64 bits per heavy atom. The molecule has 0 aliphatic heterocycles. The van der Waals surface area contributed by atoms with Gasteiger partial charge in [0, 0.05) is 6.04 Å². The van der Waals surface area contributed by atoms with E-state index in [0.29, 0.717) is 17.6 Å². The van der Waals surface area contributed by atoms with Crippen LogP contribution in [0, 0.1) is 0 Å². The molecule has 7 nitrogen and oxygen atoms in total. The van der Waals surface area contributed by atoms with Crippen LogP contribution in [0.5, 0.6) is 5.88 Å². The monoisotopic (exact) mass is 307 g/mol. The van der Waals surface area contributed by atoms with E-state index in [-0.39, 0.29) is 12.6 Å². The van der Waals surface area contributed by atoms with Crippen molar-refractivity contribution in [2.24, 2.45) is 0 Å². The molecule has 0 atom stereocenters. The molecule has 0 aromatic carbocycles. The highest BCUT2D eigenvalue weighted by Crippen LogP contribution is 2.28. The van der Waals surface area contributed by atoms with E-state index in [2.05, 4.69) is 29.0 Å². The summed E-state index contributed by atoms with van der Waals surface area (Å²) in [6.45, 7) is -0.250. The van der Waals surface area contributed by atoms with Crippen LogP contribution in [0.25, 0.3) is 11.1 Å². The topological polar surface area (TPSA) is 88.7 Å². The van der Waals surface area contributed by atoms with Crippen molar-refractivity contribution in [2.75, 3.05) is 14.1 Å². The molecule has 7 heteroatoms. The Kier molecular flexibility index (Phi) is 5.71. The summed E-state index contributed by atoms with van der Waals surface area (Å²) in [6, 6.07) is 2.54. The number of rotatable bonds is 3. The summed E-state index contributed by atoms with van der Waals surface area (Å²) in [5.74, 6) is 0.645. The molecule has 0 saturated heterocycles. The molecule has 2 aromatic heterocycles. The molecule has 0 spiro atoms. The van der Waals surface area contributed by atoms with E-state index < -0.39 is 0 Å². The van der Waals surface area contributed by atoms with E-state index in [1.807, 2.05) is 6.07 Å². The third-order valence-corrected chi connectivity index (χ3v) is 3.88. The van der Waals surface area contributed by atoms with E-state index in [4.69, 9.17) is 19.1 Å². The van der Waals surface area contributed by atoms with Gasteiger partial charge in [0.15, 0.2) is 0 Å². The van der Waals surface area contributed by atoms with Gasteiger partial charge < -0.3 is 19.2 Å². The minimum atomic E-state index is -0.250. The van der Waals surface area contributed by atoms with Gasteiger partial charge in [0.2, 0.25) is 11.6 Å². The average molecular weight is 307 g/mol. The Balaban J connectivity index is 0.000000545. The molecular formula is C15H21N3O4. The fourth-order valence-corrected chi connectivity index (χ4v) is 2.70. The van der Waals surface area contributed by atoms with Crippen molar-refractivity contribution in [1.82, 2.24) is 14.9 Å². The molecule has 0 bridgehead atoms. The number of aromatic nitrogens is 2. The highest BCUT2D eigenvalue weighted by Gasteiger charge is 2.24. The Labute approximate surface area is 128 Å². The molecular weight excluding hydrogens is 286 g/mol. The van der Waals surface area contributed by atoms with Gasteiger partial charge in [0.25, 0.3) is 6.47 Å². The lowest BCUT2D eigenvalue weighted by Crippen LogP contribution is -2.35. The van der Waals surface area contributed by atoms with Crippen LogP contribution in [-0.2, 0) is 4.79 Å². The van der Waals surface area contributed by atoms with Gasteiger partial charge in [-0.1, -0.05) is 0 Å². The van der Waals surface area contributed by atoms with E-state index >= 15 is 0 Å². The van der Waals surface area contributed by atoms with Gasteiger partial charge in [-0.3, -0.25) is 4.79 Å². The van der Waals surface area contributed by atoms with Crippen molar-refractivity contribution >= 4 is 17.6 Å². The van der Waals surface area contributed by atoms with Crippen LogP contribution >= 0.6 is 0 Å². The lowest BCUT2D eigenvalue weighted by Gasteiger charge is -2.32. The number of hydrogen-bond donors (Lipinski definition) is 1. The van der Waals surface area contributed by atoms with Crippen LogP contribution in [0.15, 0.2) is 23.1 Å². The number of ether oxygens (including phenoxy) is 1. The highest BCUT2D eigenvalue weighted by molar-refractivity contribution is 5.78. The summed E-state index contributed by atoms with van der Waals surface area (Å²) in [4.78, 5) is 19.0. The zero-order valence-electron chi connectivity index (χ0n) is 12.8. The van der Waals surface area contributed by atoms with Crippen molar-refractivity contribution in [3.05, 3.63) is 18.7 Å². The molecule has 3 rings (SSSR count). The standard InChI is InChI=1S/C14H19N3O2.CH2O2/c1-17(2)10-3-5-11(6-4-10)19-14-12-7-8-18-13(12)15-9-16-14;2-1-3/h7-11H,3-6H2,1-2H3;1H,(H,2,3). The largest absolute Gasteiger partial charge is 0.483 e. The first-order valence-corrected chi connectivity index (χ1v) is 7.24. The summed E-state index contributed by atoms with van der Waals surface area (Å²) >= 11 is 0. The minimum Gasteiger partial charge on any atom is -0.483 e. The van der Waals surface area contributed by atoms with Crippen LogP contribution in [0.2, 0.25) is 0 Å². The fourth-order valence-electron chi connectivity index (χ4n) is 2.70. The number of furan rings is 1. The molecule has 120 valence electrons. The van der Waals surface area contributed by atoms with Gasteiger partial charge in [0.05, 0.1) is 6.26 Å². The highest BCUT2D eigenvalue weighted by atomic mass is 16.5. The summed E-state index contributed by atoms with van der Waals surface area (Å²) < 4.78 is 11.3. The SMILES string of the molecule is CN(C)C1CCC(Oc2ncnc3occc23)CC1.O=CO. The summed E-state index contributed by atoms with van der Waals surface area (Å²) in [5, 5.41) is 7.75. The van der Waals surface area contributed by atoms with Gasteiger partial charge in [-0.05, 0) is 45.8 Å². The summed E-state index contributed by atoms with van der Waals surface area (Å²) in [6.07, 6.45) is 7.87. The Hall–Kier alpha value is -2.15. The molecule has 2 heterocycles. The third kappa shape index (κ3) is 3.94. The number of nitrogens with zero attached hydrogens (tertiary/aromatic N) is 3. The molecule has 2 aromatic rings. The van der Waals surface area contributed by atoms with Gasteiger partial charge in [-0.15, -0.1) is 0 Å². The van der Waals surface area contributed by atoms with Crippen molar-refractivity contribution in [1.29, 1.82) is 0 Å². The second-order valence-corrected chi connectivity index (χ2v) is 5.44. The number of carboxylic acid groups (broad SMARTS) is 1. The quantitative estimate of drug-likeness (QED) is 0.869. The molecule has 0 unspecified atom stereocenters. The van der Waals surface area contributed by atoms with Gasteiger partial charge >= 0.3 is 0 Å². The fraction of sp³-hybridized carbons (Fsp3) is 0.533. The Morgan fingerprint density at radius 2 is 2.00 bits per heavy atom. The predicted octanol–water partition coefficient (Wildman–Crippen LogP) is 2.18. The Morgan fingerprint density at radius 1 is 1.32 bits per heavy atom. The molecule has 0 radical (unpaired) electrons. The number of carbonyl (C=O) groups is 1. The predicted molar refractivity (Wildman–Crippen MR) is 80.9 cm³/mol. The van der Waals surface area contributed by atoms with E-state index in [1.54, 1.807) is 6.26 Å². The van der Waals surface area contributed by atoms with Crippen molar-refractivity contribution in [3.8, 4) is 5.88 Å².